The van der Waals surface area contributed by atoms with Crippen LogP contribution in [0.15, 0.2) is 53.4 Å². The van der Waals surface area contributed by atoms with E-state index < -0.39 is 15.9 Å². The number of carbonyl (C=O) groups is 1. The molecule has 148 valence electrons. The van der Waals surface area contributed by atoms with Gasteiger partial charge < -0.3 is 10.2 Å². The quantitative estimate of drug-likeness (QED) is 0.659. The van der Waals surface area contributed by atoms with Crippen LogP contribution < -0.4 is 10.0 Å². The maximum Gasteiger partial charge on any atom is 0.251 e. The molecule has 2 N–H and O–H groups in total. The summed E-state index contributed by atoms with van der Waals surface area (Å²) in [7, 11) is -0.142. The third-order valence-electron chi connectivity index (χ3n) is 4.08. The Hall–Kier alpha value is -2.73. The summed E-state index contributed by atoms with van der Waals surface area (Å²) in [6.45, 7) is 0.0819. The first-order chi connectivity index (χ1) is 13.2. The molecule has 28 heavy (non-hydrogen) atoms. The zero-order chi connectivity index (χ0) is 20.7. The Morgan fingerprint density at radius 3 is 2.57 bits per heavy atom. The van der Waals surface area contributed by atoms with Crippen molar-refractivity contribution in [1.82, 2.24) is 14.9 Å². The molecule has 2 aromatic rings. The van der Waals surface area contributed by atoms with Crippen LogP contribution in [0.4, 0.5) is 4.39 Å². The SMILES string of the molecule is C#CCNS(=O)(=O)c1cccc(C(=O)NCC(c2cccc(F)c2)N(C)C)c1. The molecule has 8 heteroatoms. The summed E-state index contributed by atoms with van der Waals surface area (Å²) in [5.41, 5.74) is 0.917. The van der Waals surface area contributed by atoms with Crippen molar-refractivity contribution in [2.24, 2.45) is 0 Å². The number of hydrogen-bond acceptors (Lipinski definition) is 4. The fourth-order valence-electron chi connectivity index (χ4n) is 2.63. The summed E-state index contributed by atoms with van der Waals surface area (Å²) >= 11 is 0. The largest absolute Gasteiger partial charge is 0.350 e. The first kappa shape index (κ1) is 21.6. The average Bonchev–Trinajstić information content (AvgIpc) is 2.66. The minimum absolute atomic E-state index is 0.0512. The van der Waals surface area contributed by atoms with Gasteiger partial charge in [0, 0.05) is 12.1 Å². The molecule has 6 nitrogen and oxygen atoms in total. The number of terminal acetylenes is 1. The molecule has 0 aliphatic rings. The summed E-state index contributed by atoms with van der Waals surface area (Å²) in [4.78, 5) is 14.3. The number of sulfonamides is 1. The standard InChI is InChI=1S/C20H22FN3O3S/c1-4-11-23-28(26,27)18-10-6-8-16(13-18)20(25)22-14-19(24(2)3)15-7-5-9-17(21)12-15/h1,5-10,12-13,19,23H,11,14H2,2-3H3,(H,22,25). The van der Waals surface area contributed by atoms with Crippen molar-refractivity contribution in [3.63, 3.8) is 0 Å². The molecule has 0 saturated heterocycles. The number of amides is 1. The van der Waals surface area contributed by atoms with Gasteiger partial charge in [0.05, 0.1) is 17.5 Å². The van der Waals surface area contributed by atoms with Gasteiger partial charge in [-0.3, -0.25) is 4.79 Å². The van der Waals surface area contributed by atoms with Gasteiger partial charge in [-0.05, 0) is 50.0 Å². The van der Waals surface area contributed by atoms with Crippen LogP contribution in [0.25, 0.3) is 0 Å². The zero-order valence-corrected chi connectivity index (χ0v) is 16.5. The number of hydrogen-bond donors (Lipinski definition) is 2. The summed E-state index contributed by atoms with van der Waals surface area (Å²) in [6, 6.07) is 11.6. The van der Waals surface area contributed by atoms with Crippen LogP contribution in [0.3, 0.4) is 0 Å². The maximum absolute atomic E-state index is 13.5. The van der Waals surface area contributed by atoms with Crippen molar-refractivity contribution in [2.45, 2.75) is 10.9 Å². The predicted octanol–water partition coefficient (Wildman–Crippen LogP) is 1.77. The van der Waals surface area contributed by atoms with Crippen molar-refractivity contribution in [3.8, 4) is 12.3 Å². The molecule has 0 aliphatic carbocycles. The van der Waals surface area contributed by atoms with E-state index >= 15 is 0 Å². The number of rotatable bonds is 8. The lowest BCUT2D eigenvalue weighted by atomic mass is 10.1. The Bertz CT molecular complexity index is 984. The molecule has 0 heterocycles. The summed E-state index contributed by atoms with van der Waals surface area (Å²) < 4.78 is 40.1. The van der Waals surface area contributed by atoms with Gasteiger partial charge in [-0.15, -0.1) is 6.42 Å². The van der Waals surface area contributed by atoms with Gasteiger partial charge in [0.1, 0.15) is 5.82 Å². The number of nitrogens with one attached hydrogen (secondary N) is 2. The number of carbonyl (C=O) groups excluding carboxylic acids is 1. The van der Waals surface area contributed by atoms with Crippen LogP contribution in [0.5, 0.6) is 0 Å². The highest BCUT2D eigenvalue weighted by Gasteiger charge is 2.18. The van der Waals surface area contributed by atoms with Crippen LogP contribution in [-0.4, -0.2) is 46.4 Å². The van der Waals surface area contributed by atoms with E-state index in [2.05, 4.69) is 16.0 Å². The van der Waals surface area contributed by atoms with Crippen LogP contribution in [-0.2, 0) is 10.0 Å². The van der Waals surface area contributed by atoms with Gasteiger partial charge in [0.25, 0.3) is 5.91 Å². The molecular formula is C20H22FN3O3S. The molecular weight excluding hydrogens is 381 g/mol. The van der Waals surface area contributed by atoms with Crippen molar-refractivity contribution in [3.05, 3.63) is 65.5 Å². The lowest BCUT2D eigenvalue weighted by Gasteiger charge is -2.25. The zero-order valence-electron chi connectivity index (χ0n) is 15.6. The monoisotopic (exact) mass is 403 g/mol. The summed E-state index contributed by atoms with van der Waals surface area (Å²) in [6.07, 6.45) is 5.07. The minimum atomic E-state index is -3.79. The maximum atomic E-state index is 13.5. The van der Waals surface area contributed by atoms with Gasteiger partial charge in [0.2, 0.25) is 10.0 Å². The van der Waals surface area contributed by atoms with Crippen molar-refractivity contribution < 1.29 is 17.6 Å². The molecule has 1 amide bonds. The van der Waals surface area contributed by atoms with E-state index in [1.807, 2.05) is 19.0 Å². The predicted molar refractivity (Wildman–Crippen MR) is 106 cm³/mol. The molecule has 0 saturated carbocycles. The Morgan fingerprint density at radius 2 is 1.93 bits per heavy atom. The highest BCUT2D eigenvalue weighted by atomic mass is 32.2. The molecule has 0 spiro atoms. The Balaban J connectivity index is 2.14. The number of nitrogens with zero attached hydrogens (tertiary/aromatic N) is 1. The van der Waals surface area contributed by atoms with E-state index in [-0.39, 0.29) is 35.4 Å². The first-order valence-electron chi connectivity index (χ1n) is 8.48. The second-order valence-electron chi connectivity index (χ2n) is 6.30. The van der Waals surface area contributed by atoms with Gasteiger partial charge in [0.15, 0.2) is 0 Å². The van der Waals surface area contributed by atoms with Crippen molar-refractivity contribution >= 4 is 15.9 Å². The van der Waals surface area contributed by atoms with Crippen molar-refractivity contribution in [2.75, 3.05) is 27.2 Å². The summed E-state index contributed by atoms with van der Waals surface area (Å²) in [5, 5.41) is 2.77. The molecule has 2 aromatic carbocycles. The van der Waals surface area contributed by atoms with Gasteiger partial charge in [-0.2, -0.15) is 4.72 Å². The normalized spacial score (nSPS) is 12.4. The highest BCUT2D eigenvalue weighted by Crippen LogP contribution is 2.19. The fourth-order valence-corrected chi connectivity index (χ4v) is 3.61. The van der Waals surface area contributed by atoms with Crippen LogP contribution in [0, 0.1) is 18.2 Å². The lowest BCUT2D eigenvalue weighted by molar-refractivity contribution is 0.0941. The minimum Gasteiger partial charge on any atom is -0.350 e. The van der Waals surface area contributed by atoms with E-state index in [0.29, 0.717) is 0 Å². The Kier molecular flexibility index (Phi) is 7.29. The fraction of sp³-hybridized carbons (Fsp3) is 0.250. The smallest absolute Gasteiger partial charge is 0.251 e. The second-order valence-corrected chi connectivity index (χ2v) is 8.07. The topological polar surface area (TPSA) is 78.5 Å². The first-order valence-corrected chi connectivity index (χ1v) is 9.96. The second kappa shape index (κ2) is 9.46. The number of benzene rings is 2. The molecule has 0 radical (unpaired) electrons. The van der Waals surface area contributed by atoms with Crippen molar-refractivity contribution in [1.29, 1.82) is 0 Å². The van der Waals surface area contributed by atoms with E-state index in [1.165, 1.54) is 36.4 Å². The van der Waals surface area contributed by atoms with E-state index in [4.69, 9.17) is 6.42 Å². The molecule has 0 fully saturated rings. The third-order valence-corrected chi connectivity index (χ3v) is 5.48. The van der Waals surface area contributed by atoms with E-state index in [1.54, 1.807) is 12.1 Å². The van der Waals surface area contributed by atoms with Gasteiger partial charge in [-0.1, -0.05) is 24.1 Å². The Labute approximate surface area is 164 Å². The molecule has 0 bridgehead atoms. The summed E-state index contributed by atoms with van der Waals surface area (Å²) in [5.74, 6) is 1.41. The lowest BCUT2D eigenvalue weighted by Crippen LogP contribution is -2.34. The number of likely N-dealkylation sites (N-methyl/N-ethyl adjacent to an activating group) is 1. The average molecular weight is 403 g/mol. The molecule has 1 unspecified atom stereocenters. The van der Waals surface area contributed by atoms with Crippen LogP contribution in [0.1, 0.15) is 22.0 Å². The van der Waals surface area contributed by atoms with Gasteiger partial charge in [-0.25, -0.2) is 12.8 Å². The van der Waals surface area contributed by atoms with E-state index in [9.17, 15) is 17.6 Å². The van der Waals surface area contributed by atoms with Gasteiger partial charge >= 0.3 is 0 Å². The van der Waals surface area contributed by atoms with E-state index in [0.717, 1.165) is 5.56 Å². The molecule has 0 aliphatic heterocycles. The third kappa shape index (κ3) is 5.63. The molecule has 2 rings (SSSR count). The molecule has 1 atom stereocenters. The highest BCUT2D eigenvalue weighted by molar-refractivity contribution is 7.89. The van der Waals surface area contributed by atoms with Crippen LogP contribution in [0.2, 0.25) is 0 Å². The Morgan fingerprint density at radius 1 is 1.21 bits per heavy atom. The number of halogens is 1. The van der Waals surface area contributed by atoms with Crippen LogP contribution >= 0.6 is 0 Å². The molecule has 0 aromatic heterocycles.